The van der Waals surface area contributed by atoms with Crippen LogP contribution < -0.4 is 5.32 Å². The van der Waals surface area contributed by atoms with Gasteiger partial charge in [0.25, 0.3) is 5.91 Å². The number of halogens is 1. The van der Waals surface area contributed by atoms with Gasteiger partial charge in [0.15, 0.2) is 15.7 Å². The first-order chi connectivity index (χ1) is 13.2. The third-order valence-corrected chi connectivity index (χ3v) is 5.60. The number of hydrogen-bond acceptors (Lipinski definition) is 5. The Morgan fingerprint density at radius 2 is 1.71 bits per heavy atom. The molecule has 7 nitrogen and oxygen atoms in total. The maximum atomic E-state index is 12.4. The van der Waals surface area contributed by atoms with E-state index in [2.05, 4.69) is 10.3 Å². The fourth-order valence-corrected chi connectivity index (χ4v) is 3.85. The second kappa shape index (κ2) is 7.57. The highest BCUT2D eigenvalue weighted by Gasteiger charge is 2.17. The van der Waals surface area contributed by atoms with Gasteiger partial charge in [0.2, 0.25) is 5.78 Å². The van der Waals surface area contributed by atoms with Crippen LogP contribution in [0.25, 0.3) is 0 Å². The lowest BCUT2D eigenvalue weighted by Crippen LogP contribution is -2.13. The zero-order valence-corrected chi connectivity index (χ0v) is 16.6. The summed E-state index contributed by atoms with van der Waals surface area (Å²) in [5, 5.41) is 2.71. The number of amides is 1. The van der Waals surface area contributed by atoms with Crippen LogP contribution in [0, 0.1) is 0 Å². The summed E-state index contributed by atoms with van der Waals surface area (Å²) in [6.07, 6.45) is 4.24. The smallest absolute Gasteiger partial charge is 0.255 e. The number of imidazole rings is 1. The van der Waals surface area contributed by atoms with Crippen LogP contribution >= 0.6 is 11.6 Å². The molecule has 0 unspecified atom stereocenters. The van der Waals surface area contributed by atoms with Crippen molar-refractivity contribution in [1.29, 1.82) is 0 Å². The predicted molar refractivity (Wildman–Crippen MR) is 106 cm³/mol. The number of benzene rings is 2. The van der Waals surface area contributed by atoms with E-state index in [0.29, 0.717) is 17.1 Å². The number of rotatable bonds is 5. The molecule has 144 valence electrons. The molecule has 0 radical (unpaired) electrons. The quantitative estimate of drug-likeness (QED) is 0.643. The van der Waals surface area contributed by atoms with Gasteiger partial charge in [-0.1, -0.05) is 11.6 Å². The molecular formula is C19H16ClN3O4S. The van der Waals surface area contributed by atoms with Gasteiger partial charge in [-0.25, -0.2) is 13.4 Å². The topological polar surface area (TPSA) is 98.1 Å². The fourth-order valence-electron chi connectivity index (χ4n) is 2.55. The van der Waals surface area contributed by atoms with Crippen molar-refractivity contribution in [2.45, 2.75) is 4.90 Å². The zero-order chi connectivity index (χ0) is 20.5. The first-order valence-electron chi connectivity index (χ1n) is 8.10. The molecule has 2 aromatic carbocycles. The molecule has 0 aliphatic carbocycles. The number of sulfone groups is 1. The Morgan fingerprint density at radius 3 is 2.29 bits per heavy atom. The second-order valence-electron chi connectivity index (χ2n) is 6.14. The number of anilines is 1. The summed E-state index contributed by atoms with van der Waals surface area (Å²) in [4.78, 5) is 28.7. The minimum absolute atomic E-state index is 0.0520. The molecule has 0 aliphatic heterocycles. The summed E-state index contributed by atoms with van der Waals surface area (Å²) in [5.41, 5.74) is 1.04. The minimum atomic E-state index is -3.56. The fraction of sp³-hybridized carbons (Fsp3) is 0.105. The number of aromatic nitrogens is 2. The average Bonchev–Trinajstić information content (AvgIpc) is 3.07. The molecule has 3 aromatic rings. The van der Waals surface area contributed by atoms with Crippen LogP contribution in [0.3, 0.4) is 0 Å². The molecule has 28 heavy (non-hydrogen) atoms. The Bertz CT molecular complexity index is 1170. The van der Waals surface area contributed by atoms with Crippen molar-refractivity contribution in [2.75, 3.05) is 11.6 Å². The molecule has 0 spiro atoms. The van der Waals surface area contributed by atoms with Crippen molar-refractivity contribution in [3.05, 3.63) is 76.8 Å². The van der Waals surface area contributed by atoms with Gasteiger partial charge in [-0.15, -0.1) is 0 Å². The Balaban J connectivity index is 1.78. The molecule has 1 N–H and O–H groups in total. The van der Waals surface area contributed by atoms with Gasteiger partial charge in [0.1, 0.15) is 0 Å². The SMILES string of the molecule is Cn1ccnc1C(=O)c1ccc(NC(=O)c2ccc(Cl)c(S(C)(=O)=O)c2)cc1. The second-order valence-corrected chi connectivity index (χ2v) is 8.53. The highest BCUT2D eigenvalue weighted by Crippen LogP contribution is 2.23. The van der Waals surface area contributed by atoms with Crippen molar-refractivity contribution in [3.8, 4) is 0 Å². The van der Waals surface area contributed by atoms with Crippen molar-refractivity contribution >= 4 is 38.8 Å². The van der Waals surface area contributed by atoms with Crippen molar-refractivity contribution in [2.24, 2.45) is 7.05 Å². The van der Waals surface area contributed by atoms with Gasteiger partial charge in [0, 0.05) is 42.5 Å². The predicted octanol–water partition coefficient (Wildman–Crippen LogP) is 2.96. The Labute approximate surface area is 166 Å². The average molecular weight is 418 g/mol. The standard InChI is InChI=1S/C19H16ClN3O4S/c1-23-10-9-21-18(23)17(24)12-3-6-14(7-4-12)22-19(25)13-5-8-15(20)16(11-13)28(2,26)27/h3-11H,1-2H3,(H,22,25). The minimum Gasteiger partial charge on any atom is -0.331 e. The zero-order valence-electron chi connectivity index (χ0n) is 15.0. The number of carbonyl (C=O) groups is 2. The van der Waals surface area contributed by atoms with E-state index < -0.39 is 15.7 Å². The normalized spacial score (nSPS) is 11.2. The molecule has 0 bridgehead atoms. The Morgan fingerprint density at radius 1 is 1.07 bits per heavy atom. The lowest BCUT2D eigenvalue weighted by molar-refractivity contribution is 0.102. The largest absolute Gasteiger partial charge is 0.331 e. The van der Waals surface area contributed by atoms with Gasteiger partial charge < -0.3 is 9.88 Å². The number of hydrogen-bond donors (Lipinski definition) is 1. The van der Waals surface area contributed by atoms with E-state index in [-0.39, 0.29) is 21.3 Å². The highest BCUT2D eigenvalue weighted by atomic mass is 35.5. The van der Waals surface area contributed by atoms with Crippen LogP contribution in [0.5, 0.6) is 0 Å². The summed E-state index contributed by atoms with van der Waals surface area (Å²) in [5.74, 6) is -0.420. The maximum absolute atomic E-state index is 12.4. The van der Waals surface area contributed by atoms with Gasteiger partial charge in [-0.05, 0) is 42.5 Å². The van der Waals surface area contributed by atoms with Crippen LogP contribution in [0.15, 0.2) is 59.8 Å². The number of nitrogens with zero attached hydrogens (tertiary/aromatic N) is 2. The first-order valence-corrected chi connectivity index (χ1v) is 10.4. The summed E-state index contributed by atoms with van der Waals surface area (Å²) in [6.45, 7) is 0. The molecule has 0 atom stereocenters. The van der Waals surface area contributed by atoms with Crippen LogP contribution in [-0.4, -0.2) is 35.9 Å². The summed E-state index contributed by atoms with van der Waals surface area (Å²) in [6, 6.07) is 10.4. The summed E-state index contributed by atoms with van der Waals surface area (Å²) >= 11 is 5.90. The monoisotopic (exact) mass is 417 g/mol. The molecule has 0 fully saturated rings. The van der Waals surface area contributed by atoms with E-state index in [9.17, 15) is 18.0 Å². The van der Waals surface area contributed by atoms with Crippen LogP contribution in [0.2, 0.25) is 5.02 Å². The molecule has 1 amide bonds. The van der Waals surface area contributed by atoms with Crippen molar-refractivity contribution in [3.63, 3.8) is 0 Å². The van der Waals surface area contributed by atoms with E-state index in [1.54, 1.807) is 48.3 Å². The molecule has 3 rings (SSSR count). The van der Waals surface area contributed by atoms with Crippen molar-refractivity contribution < 1.29 is 18.0 Å². The molecular weight excluding hydrogens is 402 g/mol. The van der Waals surface area contributed by atoms with Gasteiger partial charge in [0.05, 0.1) is 9.92 Å². The van der Waals surface area contributed by atoms with E-state index in [4.69, 9.17) is 11.6 Å². The third-order valence-electron chi connectivity index (χ3n) is 4.02. The van der Waals surface area contributed by atoms with Gasteiger partial charge >= 0.3 is 0 Å². The van der Waals surface area contributed by atoms with E-state index in [1.165, 1.54) is 18.2 Å². The molecule has 0 aliphatic rings. The molecule has 1 heterocycles. The van der Waals surface area contributed by atoms with Crippen LogP contribution in [-0.2, 0) is 16.9 Å². The van der Waals surface area contributed by atoms with Gasteiger partial charge in [-0.3, -0.25) is 9.59 Å². The number of carbonyl (C=O) groups excluding carboxylic acids is 2. The molecule has 0 saturated heterocycles. The van der Waals surface area contributed by atoms with Crippen LogP contribution in [0.4, 0.5) is 5.69 Å². The summed E-state index contributed by atoms with van der Waals surface area (Å²) in [7, 11) is -1.83. The van der Waals surface area contributed by atoms with E-state index in [1.807, 2.05) is 0 Å². The molecule has 1 aromatic heterocycles. The van der Waals surface area contributed by atoms with Crippen molar-refractivity contribution in [1.82, 2.24) is 9.55 Å². The van der Waals surface area contributed by atoms with Gasteiger partial charge in [-0.2, -0.15) is 0 Å². The Hall–Kier alpha value is -2.97. The maximum Gasteiger partial charge on any atom is 0.255 e. The highest BCUT2D eigenvalue weighted by molar-refractivity contribution is 7.90. The lowest BCUT2D eigenvalue weighted by Gasteiger charge is -2.08. The molecule has 9 heteroatoms. The van der Waals surface area contributed by atoms with E-state index in [0.717, 1.165) is 6.26 Å². The van der Waals surface area contributed by atoms with E-state index >= 15 is 0 Å². The lowest BCUT2D eigenvalue weighted by atomic mass is 10.1. The number of aryl methyl sites for hydroxylation is 1. The number of ketones is 1. The van der Waals surface area contributed by atoms with Crippen LogP contribution in [0.1, 0.15) is 26.5 Å². The summed E-state index contributed by atoms with van der Waals surface area (Å²) < 4.78 is 25.1. The Kier molecular flexibility index (Phi) is 5.35. The first kappa shape index (κ1) is 19.8. The third kappa shape index (κ3) is 4.13. The number of nitrogens with one attached hydrogen (secondary N) is 1. The molecule has 0 saturated carbocycles.